The van der Waals surface area contributed by atoms with Crippen molar-refractivity contribution in [3.05, 3.63) is 29.8 Å². The van der Waals surface area contributed by atoms with Gasteiger partial charge in [0.15, 0.2) is 0 Å². The number of ether oxygens (including phenoxy) is 1. The molecule has 7 heteroatoms. The molecule has 1 amide bonds. The number of hydrogen-bond donors (Lipinski definition) is 2. The van der Waals surface area contributed by atoms with E-state index in [4.69, 9.17) is 9.84 Å². The number of carbonyl (C=O) groups is 3. The first-order valence-corrected chi connectivity index (χ1v) is 7.92. The lowest BCUT2D eigenvalue weighted by Gasteiger charge is -2.17. The first-order chi connectivity index (χ1) is 11.4. The molecule has 132 valence electrons. The number of amides is 1. The third kappa shape index (κ3) is 6.00. The Labute approximate surface area is 141 Å². The highest BCUT2D eigenvalue weighted by molar-refractivity contribution is 6.04. The van der Waals surface area contributed by atoms with E-state index in [1.807, 2.05) is 13.8 Å². The van der Waals surface area contributed by atoms with Crippen LogP contribution in [-0.2, 0) is 14.3 Å². The van der Waals surface area contributed by atoms with E-state index < -0.39 is 23.8 Å². The number of aliphatic carboxylic acids is 1. The van der Waals surface area contributed by atoms with Crippen LogP contribution in [0.5, 0.6) is 0 Å². The standard InChI is InChI=1S/C17H24N2O5/c1-4-19(5-2)10-11-24-17(23)13-6-8-14(9-7-13)18-15(20)12(3)16(21)22/h6-9,12H,4-5,10-11H2,1-3H3,(H,18,20)(H,21,22). The highest BCUT2D eigenvalue weighted by Gasteiger charge is 2.20. The zero-order valence-electron chi connectivity index (χ0n) is 14.2. The number of nitrogens with zero attached hydrogens (tertiary/aromatic N) is 1. The second-order valence-corrected chi connectivity index (χ2v) is 5.29. The Morgan fingerprint density at radius 1 is 1.17 bits per heavy atom. The van der Waals surface area contributed by atoms with Gasteiger partial charge in [-0.2, -0.15) is 0 Å². The van der Waals surface area contributed by atoms with Crippen molar-refractivity contribution in [2.75, 3.05) is 31.6 Å². The van der Waals surface area contributed by atoms with Crippen LogP contribution in [0.25, 0.3) is 0 Å². The quantitative estimate of drug-likeness (QED) is 0.528. The molecule has 1 rings (SSSR count). The fourth-order valence-corrected chi connectivity index (χ4v) is 1.94. The third-order valence-corrected chi connectivity index (χ3v) is 3.69. The number of hydrogen-bond acceptors (Lipinski definition) is 5. The van der Waals surface area contributed by atoms with Crippen LogP contribution in [0, 0.1) is 5.92 Å². The first kappa shape index (κ1) is 19.6. The van der Waals surface area contributed by atoms with Gasteiger partial charge in [-0.1, -0.05) is 13.8 Å². The van der Waals surface area contributed by atoms with Crippen LogP contribution in [0.15, 0.2) is 24.3 Å². The summed E-state index contributed by atoms with van der Waals surface area (Å²) in [5, 5.41) is 11.3. The van der Waals surface area contributed by atoms with Gasteiger partial charge < -0.3 is 20.1 Å². The Morgan fingerprint density at radius 3 is 2.25 bits per heavy atom. The Bertz CT molecular complexity index is 567. The summed E-state index contributed by atoms with van der Waals surface area (Å²) in [4.78, 5) is 36.5. The Morgan fingerprint density at radius 2 is 1.75 bits per heavy atom. The summed E-state index contributed by atoms with van der Waals surface area (Å²) in [6.07, 6.45) is 0. The van der Waals surface area contributed by atoms with Crippen LogP contribution >= 0.6 is 0 Å². The second kappa shape index (κ2) is 9.67. The number of rotatable bonds is 9. The number of benzene rings is 1. The molecule has 1 aromatic rings. The molecule has 0 saturated heterocycles. The maximum atomic E-state index is 11.9. The van der Waals surface area contributed by atoms with Gasteiger partial charge in [0.1, 0.15) is 12.5 Å². The summed E-state index contributed by atoms with van der Waals surface area (Å²) < 4.78 is 5.21. The van der Waals surface area contributed by atoms with Crippen LogP contribution < -0.4 is 5.32 Å². The predicted octanol–water partition coefficient (Wildman–Crippen LogP) is 1.84. The normalized spacial score (nSPS) is 11.8. The van der Waals surface area contributed by atoms with Gasteiger partial charge in [-0.3, -0.25) is 9.59 Å². The van der Waals surface area contributed by atoms with E-state index in [0.29, 0.717) is 24.4 Å². The minimum atomic E-state index is -1.19. The Balaban J connectivity index is 2.53. The van der Waals surface area contributed by atoms with Crippen molar-refractivity contribution in [2.24, 2.45) is 5.92 Å². The van der Waals surface area contributed by atoms with Gasteiger partial charge in [0.05, 0.1) is 5.56 Å². The highest BCUT2D eigenvalue weighted by Crippen LogP contribution is 2.12. The van der Waals surface area contributed by atoms with Crippen molar-refractivity contribution in [2.45, 2.75) is 20.8 Å². The number of carboxylic acid groups (broad SMARTS) is 1. The van der Waals surface area contributed by atoms with Crippen LogP contribution in [0.1, 0.15) is 31.1 Å². The van der Waals surface area contributed by atoms with Crippen molar-refractivity contribution in [3.8, 4) is 0 Å². The number of esters is 1. The average molecular weight is 336 g/mol. The molecule has 7 nitrogen and oxygen atoms in total. The molecule has 0 saturated carbocycles. The van der Waals surface area contributed by atoms with E-state index in [1.165, 1.54) is 31.2 Å². The molecule has 0 bridgehead atoms. The van der Waals surface area contributed by atoms with Crippen LogP contribution in [0.4, 0.5) is 5.69 Å². The van der Waals surface area contributed by atoms with Crippen LogP contribution in [0.3, 0.4) is 0 Å². The number of nitrogens with one attached hydrogen (secondary N) is 1. The molecule has 0 fully saturated rings. The lowest BCUT2D eigenvalue weighted by atomic mass is 10.1. The monoisotopic (exact) mass is 336 g/mol. The molecule has 24 heavy (non-hydrogen) atoms. The van der Waals surface area contributed by atoms with Crippen LogP contribution in [-0.4, -0.2) is 54.1 Å². The van der Waals surface area contributed by atoms with Gasteiger partial charge in [-0.05, 0) is 44.3 Å². The molecule has 0 radical (unpaired) electrons. The summed E-state index contributed by atoms with van der Waals surface area (Å²) in [6.45, 7) is 8.19. The van der Waals surface area contributed by atoms with Crippen molar-refractivity contribution < 1.29 is 24.2 Å². The number of likely N-dealkylation sites (N-methyl/N-ethyl adjacent to an activating group) is 1. The predicted molar refractivity (Wildman–Crippen MR) is 89.9 cm³/mol. The number of anilines is 1. The van der Waals surface area contributed by atoms with Gasteiger partial charge in [0.25, 0.3) is 0 Å². The van der Waals surface area contributed by atoms with Gasteiger partial charge in [0, 0.05) is 12.2 Å². The molecule has 1 atom stereocenters. The Hall–Kier alpha value is -2.41. The summed E-state index contributed by atoms with van der Waals surface area (Å²) in [5.74, 6) is -3.38. The zero-order chi connectivity index (χ0) is 18.1. The fraction of sp³-hybridized carbons (Fsp3) is 0.471. The molecule has 0 spiro atoms. The van der Waals surface area contributed by atoms with E-state index in [2.05, 4.69) is 10.2 Å². The minimum Gasteiger partial charge on any atom is -0.481 e. The van der Waals surface area contributed by atoms with Gasteiger partial charge in [-0.25, -0.2) is 4.79 Å². The van der Waals surface area contributed by atoms with Crippen molar-refractivity contribution in [1.29, 1.82) is 0 Å². The van der Waals surface area contributed by atoms with Crippen LogP contribution in [0.2, 0.25) is 0 Å². The van der Waals surface area contributed by atoms with Crippen molar-refractivity contribution >= 4 is 23.5 Å². The molecule has 1 aromatic carbocycles. The summed E-state index contributed by atoms with van der Waals surface area (Å²) >= 11 is 0. The van der Waals surface area contributed by atoms with E-state index >= 15 is 0 Å². The lowest BCUT2D eigenvalue weighted by molar-refractivity contribution is -0.144. The summed E-state index contributed by atoms with van der Waals surface area (Å²) in [7, 11) is 0. The molecule has 0 aliphatic heterocycles. The van der Waals surface area contributed by atoms with E-state index in [0.717, 1.165) is 13.1 Å². The average Bonchev–Trinajstić information content (AvgIpc) is 2.58. The Kier molecular flexibility index (Phi) is 7.91. The smallest absolute Gasteiger partial charge is 0.338 e. The summed E-state index contributed by atoms with van der Waals surface area (Å²) in [5.41, 5.74) is 0.798. The second-order valence-electron chi connectivity index (χ2n) is 5.29. The highest BCUT2D eigenvalue weighted by atomic mass is 16.5. The molecule has 0 aromatic heterocycles. The molecule has 0 aliphatic carbocycles. The maximum Gasteiger partial charge on any atom is 0.338 e. The molecule has 0 heterocycles. The van der Waals surface area contributed by atoms with Crippen molar-refractivity contribution in [1.82, 2.24) is 4.90 Å². The molecule has 0 aliphatic rings. The third-order valence-electron chi connectivity index (χ3n) is 3.69. The van der Waals surface area contributed by atoms with Gasteiger partial charge >= 0.3 is 11.9 Å². The molecular formula is C17H24N2O5. The van der Waals surface area contributed by atoms with E-state index in [1.54, 1.807) is 0 Å². The molecule has 2 N–H and O–H groups in total. The number of carbonyl (C=O) groups excluding carboxylic acids is 2. The topological polar surface area (TPSA) is 95.9 Å². The molecule has 1 unspecified atom stereocenters. The zero-order valence-corrected chi connectivity index (χ0v) is 14.2. The molecular weight excluding hydrogens is 312 g/mol. The number of carboxylic acids is 1. The fourth-order valence-electron chi connectivity index (χ4n) is 1.94. The minimum absolute atomic E-state index is 0.315. The largest absolute Gasteiger partial charge is 0.481 e. The SMILES string of the molecule is CCN(CC)CCOC(=O)c1ccc(NC(=O)C(C)C(=O)O)cc1. The van der Waals surface area contributed by atoms with Crippen molar-refractivity contribution in [3.63, 3.8) is 0 Å². The first-order valence-electron chi connectivity index (χ1n) is 7.92. The lowest BCUT2D eigenvalue weighted by Crippen LogP contribution is -2.28. The maximum absolute atomic E-state index is 11.9. The summed E-state index contributed by atoms with van der Waals surface area (Å²) in [6, 6.07) is 6.13. The van der Waals surface area contributed by atoms with E-state index in [-0.39, 0.29) is 0 Å². The van der Waals surface area contributed by atoms with Gasteiger partial charge in [0.2, 0.25) is 5.91 Å². The van der Waals surface area contributed by atoms with Gasteiger partial charge in [-0.15, -0.1) is 0 Å². The van der Waals surface area contributed by atoms with E-state index in [9.17, 15) is 14.4 Å².